The second kappa shape index (κ2) is 9.03. The van der Waals surface area contributed by atoms with Gasteiger partial charge in [-0.3, -0.25) is 14.6 Å². The predicted molar refractivity (Wildman–Crippen MR) is 108 cm³/mol. The van der Waals surface area contributed by atoms with Crippen LogP contribution in [0, 0.1) is 6.92 Å². The lowest BCUT2D eigenvalue weighted by Crippen LogP contribution is -2.36. The molecule has 1 aliphatic rings. The lowest BCUT2D eigenvalue weighted by atomic mass is 10.2. The van der Waals surface area contributed by atoms with E-state index >= 15 is 0 Å². The zero-order valence-corrected chi connectivity index (χ0v) is 16.3. The summed E-state index contributed by atoms with van der Waals surface area (Å²) in [5, 5.41) is 7.11. The molecule has 4 rings (SSSR count). The number of para-hydroxylation sites is 1. The number of benzene rings is 1. The number of hydrogen-bond acceptors (Lipinski definition) is 5. The Balaban J connectivity index is 1.39. The van der Waals surface area contributed by atoms with Crippen LogP contribution in [0.15, 0.2) is 42.9 Å². The lowest BCUT2D eigenvalue weighted by molar-refractivity contribution is 0.0368. The average molecular weight is 381 g/mol. The molecule has 0 amide bonds. The number of aromatic nitrogens is 4. The minimum Gasteiger partial charge on any atom is -0.493 e. The number of aromatic amines is 1. The number of imidazole rings is 1. The summed E-state index contributed by atoms with van der Waals surface area (Å²) in [4.78, 5) is 7.03. The molecular formula is C21H27N5O2. The number of unbranched alkanes of at least 4 members (excludes halogenated alkanes) is 1. The zero-order valence-electron chi connectivity index (χ0n) is 16.3. The van der Waals surface area contributed by atoms with E-state index in [1.165, 1.54) is 0 Å². The number of rotatable bonds is 8. The molecule has 0 radical (unpaired) electrons. The summed E-state index contributed by atoms with van der Waals surface area (Å²) in [6.07, 6.45) is 7.73. The van der Waals surface area contributed by atoms with E-state index in [1.807, 2.05) is 42.1 Å². The van der Waals surface area contributed by atoms with E-state index < -0.39 is 0 Å². The number of ether oxygens (including phenoxy) is 2. The third-order valence-electron chi connectivity index (χ3n) is 5.06. The molecule has 1 fully saturated rings. The summed E-state index contributed by atoms with van der Waals surface area (Å²) in [6.45, 7) is 7.60. The van der Waals surface area contributed by atoms with Crippen LogP contribution in [0.4, 0.5) is 0 Å². The van der Waals surface area contributed by atoms with E-state index in [0.717, 1.165) is 74.2 Å². The fourth-order valence-corrected chi connectivity index (χ4v) is 3.51. The van der Waals surface area contributed by atoms with Crippen molar-refractivity contribution < 1.29 is 9.47 Å². The summed E-state index contributed by atoms with van der Waals surface area (Å²) in [6, 6.07) is 8.08. The molecule has 28 heavy (non-hydrogen) atoms. The number of hydrogen-bond donors (Lipinski definition) is 1. The predicted octanol–water partition coefficient (Wildman–Crippen LogP) is 3.06. The van der Waals surface area contributed by atoms with E-state index in [2.05, 4.69) is 26.1 Å². The number of nitrogens with zero attached hydrogens (tertiary/aromatic N) is 4. The Morgan fingerprint density at radius 1 is 1.18 bits per heavy atom. The van der Waals surface area contributed by atoms with Gasteiger partial charge in [-0.15, -0.1) is 0 Å². The van der Waals surface area contributed by atoms with E-state index in [-0.39, 0.29) is 0 Å². The van der Waals surface area contributed by atoms with Crippen LogP contribution in [0.25, 0.3) is 17.1 Å². The highest BCUT2D eigenvalue weighted by Crippen LogP contribution is 2.30. The van der Waals surface area contributed by atoms with Crippen molar-refractivity contribution in [2.24, 2.45) is 0 Å². The zero-order chi connectivity index (χ0) is 19.2. The molecule has 1 aliphatic heterocycles. The van der Waals surface area contributed by atoms with Gasteiger partial charge in [0.2, 0.25) is 0 Å². The maximum atomic E-state index is 6.13. The van der Waals surface area contributed by atoms with Crippen molar-refractivity contribution in [3.63, 3.8) is 0 Å². The van der Waals surface area contributed by atoms with Crippen molar-refractivity contribution >= 4 is 0 Å². The highest BCUT2D eigenvalue weighted by molar-refractivity contribution is 5.66. The average Bonchev–Trinajstić information content (AvgIpc) is 3.37. The van der Waals surface area contributed by atoms with Gasteiger partial charge in [0.1, 0.15) is 11.6 Å². The molecule has 0 bridgehead atoms. The Bertz CT molecular complexity index is 882. The van der Waals surface area contributed by atoms with Gasteiger partial charge in [0.25, 0.3) is 0 Å². The van der Waals surface area contributed by atoms with Crippen molar-refractivity contribution in [1.82, 2.24) is 24.6 Å². The minimum atomic E-state index is 0.701. The Hall–Kier alpha value is -2.64. The first-order valence-corrected chi connectivity index (χ1v) is 9.89. The van der Waals surface area contributed by atoms with E-state index in [1.54, 1.807) is 6.20 Å². The SMILES string of the molecule is Cc1[nH]ncc1-n1ccnc1-c1ccccc1OCCCCN1CCOCC1. The topological polar surface area (TPSA) is 68.2 Å². The summed E-state index contributed by atoms with van der Waals surface area (Å²) in [5.41, 5.74) is 2.98. The van der Waals surface area contributed by atoms with Crippen LogP contribution in [0.2, 0.25) is 0 Å². The second-order valence-corrected chi connectivity index (χ2v) is 7.01. The molecule has 0 spiro atoms. The van der Waals surface area contributed by atoms with Crippen LogP contribution < -0.4 is 4.74 Å². The van der Waals surface area contributed by atoms with Gasteiger partial charge < -0.3 is 9.47 Å². The van der Waals surface area contributed by atoms with Crippen molar-refractivity contribution in [3.8, 4) is 22.8 Å². The van der Waals surface area contributed by atoms with Gasteiger partial charge in [-0.1, -0.05) is 12.1 Å². The van der Waals surface area contributed by atoms with Crippen LogP contribution in [-0.2, 0) is 4.74 Å². The smallest absolute Gasteiger partial charge is 0.148 e. The molecule has 0 unspecified atom stereocenters. The largest absolute Gasteiger partial charge is 0.493 e. The van der Waals surface area contributed by atoms with Gasteiger partial charge in [0.05, 0.1) is 43.0 Å². The molecule has 1 aromatic carbocycles. The standard InChI is InChI=1S/C21H27N5O2/c1-17-19(16-23-24-17)26-10-8-22-21(26)18-6-2-3-7-20(18)28-13-5-4-9-25-11-14-27-15-12-25/h2-3,6-8,10,16H,4-5,9,11-15H2,1H3,(H,23,24). The molecule has 0 saturated carbocycles. The van der Waals surface area contributed by atoms with E-state index in [9.17, 15) is 0 Å². The van der Waals surface area contributed by atoms with Gasteiger partial charge in [0.15, 0.2) is 0 Å². The Morgan fingerprint density at radius 3 is 2.86 bits per heavy atom. The van der Waals surface area contributed by atoms with Gasteiger partial charge in [-0.05, 0) is 38.4 Å². The number of nitrogens with one attached hydrogen (secondary N) is 1. The first-order valence-electron chi connectivity index (χ1n) is 9.89. The number of aryl methyl sites for hydroxylation is 1. The van der Waals surface area contributed by atoms with Crippen LogP contribution in [0.1, 0.15) is 18.5 Å². The lowest BCUT2D eigenvalue weighted by Gasteiger charge is -2.26. The molecule has 0 aliphatic carbocycles. The van der Waals surface area contributed by atoms with Crippen LogP contribution in [-0.4, -0.2) is 64.1 Å². The van der Waals surface area contributed by atoms with Crippen LogP contribution in [0.3, 0.4) is 0 Å². The first kappa shape index (κ1) is 18.7. The van der Waals surface area contributed by atoms with Gasteiger partial charge in [-0.2, -0.15) is 5.10 Å². The molecule has 2 aromatic heterocycles. The fourth-order valence-electron chi connectivity index (χ4n) is 3.51. The van der Waals surface area contributed by atoms with Crippen molar-refractivity contribution in [2.45, 2.75) is 19.8 Å². The van der Waals surface area contributed by atoms with Crippen LogP contribution in [0.5, 0.6) is 5.75 Å². The molecule has 7 nitrogen and oxygen atoms in total. The summed E-state index contributed by atoms with van der Waals surface area (Å²) in [5.74, 6) is 1.72. The summed E-state index contributed by atoms with van der Waals surface area (Å²) >= 11 is 0. The first-order chi connectivity index (χ1) is 13.8. The third kappa shape index (κ3) is 4.26. The Morgan fingerprint density at radius 2 is 2.04 bits per heavy atom. The minimum absolute atomic E-state index is 0.701. The van der Waals surface area contributed by atoms with Gasteiger partial charge >= 0.3 is 0 Å². The molecule has 1 saturated heterocycles. The second-order valence-electron chi connectivity index (χ2n) is 7.01. The Kier molecular flexibility index (Phi) is 6.04. The maximum Gasteiger partial charge on any atom is 0.148 e. The molecular weight excluding hydrogens is 354 g/mol. The molecule has 0 atom stereocenters. The van der Waals surface area contributed by atoms with E-state index in [0.29, 0.717) is 6.61 Å². The molecule has 3 aromatic rings. The molecule has 1 N–H and O–H groups in total. The summed E-state index contributed by atoms with van der Waals surface area (Å²) < 4.78 is 13.6. The quantitative estimate of drug-likeness (QED) is 0.608. The third-order valence-corrected chi connectivity index (χ3v) is 5.06. The number of H-pyrrole nitrogens is 1. The fraction of sp³-hybridized carbons (Fsp3) is 0.429. The van der Waals surface area contributed by atoms with Crippen molar-refractivity contribution in [3.05, 3.63) is 48.5 Å². The van der Waals surface area contributed by atoms with Gasteiger partial charge in [0, 0.05) is 25.5 Å². The molecule has 7 heteroatoms. The van der Waals surface area contributed by atoms with Gasteiger partial charge in [-0.25, -0.2) is 4.98 Å². The number of morpholine rings is 1. The Labute approximate surface area is 165 Å². The molecule has 148 valence electrons. The van der Waals surface area contributed by atoms with Crippen molar-refractivity contribution in [1.29, 1.82) is 0 Å². The van der Waals surface area contributed by atoms with Crippen molar-refractivity contribution in [2.75, 3.05) is 39.5 Å². The van der Waals surface area contributed by atoms with Crippen LogP contribution >= 0.6 is 0 Å². The monoisotopic (exact) mass is 381 g/mol. The summed E-state index contributed by atoms with van der Waals surface area (Å²) in [7, 11) is 0. The molecule has 3 heterocycles. The normalized spacial score (nSPS) is 15.0. The highest BCUT2D eigenvalue weighted by atomic mass is 16.5. The maximum absolute atomic E-state index is 6.13. The van der Waals surface area contributed by atoms with E-state index in [4.69, 9.17) is 9.47 Å². The highest BCUT2D eigenvalue weighted by Gasteiger charge is 2.15.